The number of methoxy groups -OCH3 is 1. The number of fused-ring (bicyclic) bond motifs is 1. The molecule has 2 unspecified atom stereocenters. The van der Waals surface area contributed by atoms with Crippen LogP contribution in [0.1, 0.15) is 61.5 Å². The SMILES string of the molecule is CCOC(=O)C(C)N(Oc1ccccc1COCC(C)=CCC1=C(OC)C(C)c2coc(O)c2C1=O)P=O. The van der Waals surface area contributed by atoms with Crippen LogP contribution in [0.4, 0.5) is 0 Å². The van der Waals surface area contributed by atoms with E-state index in [2.05, 4.69) is 0 Å². The molecule has 1 aromatic carbocycles. The molecule has 3 rings (SSSR count). The summed E-state index contributed by atoms with van der Waals surface area (Å²) in [5, 5.41) is 10.00. The maximum atomic E-state index is 13.0. The minimum atomic E-state index is -0.884. The van der Waals surface area contributed by atoms with E-state index in [0.717, 1.165) is 10.4 Å². The summed E-state index contributed by atoms with van der Waals surface area (Å²) in [4.78, 5) is 31.7. The lowest BCUT2D eigenvalue weighted by Crippen LogP contribution is -2.36. The molecule has 1 aliphatic rings. The molecule has 0 amide bonds. The molecule has 0 aliphatic heterocycles. The number of allylic oxidation sites excluding steroid dienone is 3. The lowest BCUT2D eigenvalue weighted by molar-refractivity contribution is -0.153. The maximum Gasteiger partial charge on any atom is 0.327 e. The second-order valence-corrected chi connectivity index (χ2v) is 9.29. The Balaban J connectivity index is 1.63. The Labute approximate surface area is 223 Å². The van der Waals surface area contributed by atoms with Gasteiger partial charge in [-0.05, 0) is 38.1 Å². The molecule has 2 aromatic rings. The molecule has 0 spiro atoms. The third-order valence-electron chi connectivity index (χ3n) is 6.12. The van der Waals surface area contributed by atoms with Crippen LogP contribution in [0.15, 0.2) is 57.9 Å². The molecule has 0 saturated heterocycles. The van der Waals surface area contributed by atoms with E-state index in [0.29, 0.717) is 34.6 Å². The van der Waals surface area contributed by atoms with Crippen molar-refractivity contribution >= 4 is 20.4 Å². The van der Waals surface area contributed by atoms with Gasteiger partial charge in [0, 0.05) is 22.6 Å². The van der Waals surface area contributed by atoms with Gasteiger partial charge in [-0.2, -0.15) is 0 Å². The fourth-order valence-corrected chi connectivity index (χ4v) is 4.41. The third-order valence-corrected chi connectivity index (χ3v) is 6.71. The van der Waals surface area contributed by atoms with Crippen LogP contribution >= 0.6 is 8.61 Å². The van der Waals surface area contributed by atoms with Gasteiger partial charge in [0.15, 0.2) is 17.6 Å². The fraction of sp³-hybridized carbons (Fsp3) is 0.407. The Morgan fingerprint density at radius 3 is 2.74 bits per heavy atom. The van der Waals surface area contributed by atoms with Crippen molar-refractivity contribution in [2.45, 2.75) is 52.7 Å². The molecule has 1 aliphatic carbocycles. The number of Topliss-reactive ketones (excluding diaryl/α,β-unsaturated/α-hetero) is 1. The van der Waals surface area contributed by atoms with Crippen molar-refractivity contribution in [3.63, 3.8) is 0 Å². The molecule has 2 atom stereocenters. The van der Waals surface area contributed by atoms with E-state index in [-0.39, 0.29) is 43.0 Å². The van der Waals surface area contributed by atoms with Gasteiger partial charge in [0.05, 0.1) is 33.2 Å². The molecule has 10 nitrogen and oxygen atoms in total. The van der Waals surface area contributed by atoms with Gasteiger partial charge in [-0.15, -0.1) is 0 Å². The van der Waals surface area contributed by atoms with Crippen LogP contribution in [0.5, 0.6) is 11.7 Å². The summed E-state index contributed by atoms with van der Waals surface area (Å²) in [7, 11) is 1.02. The Kier molecular flexibility index (Phi) is 10.2. The summed E-state index contributed by atoms with van der Waals surface area (Å²) in [6, 6.07) is 6.17. The van der Waals surface area contributed by atoms with Gasteiger partial charge in [0.25, 0.3) is 14.6 Å². The number of esters is 1. The van der Waals surface area contributed by atoms with Crippen LogP contribution < -0.4 is 4.84 Å². The van der Waals surface area contributed by atoms with E-state index in [9.17, 15) is 19.3 Å². The quantitative estimate of drug-likeness (QED) is 0.149. The van der Waals surface area contributed by atoms with Gasteiger partial charge in [-0.1, -0.05) is 36.8 Å². The predicted molar refractivity (Wildman–Crippen MR) is 138 cm³/mol. The highest BCUT2D eigenvalue weighted by atomic mass is 31.1. The number of hydrogen-bond acceptors (Lipinski definition) is 9. The molecule has 0 fully saturated rings. The normalized spacial score (nSPS) is 16.5. The molecule has 1 aromatic heterocycles. The second-order valence-electron chi connectivity index (χ2n) is 8.73. The van der Waals surface area contributed by atoms with Gasteiger partial charge >= 0.3 is 5.97 Å². The largest absolute Gasteiger partial charge is 0.500 e. The number of hydroxylamine groups is 1. The smallest absolute Gasteiger partial charge is 0.327 e. The van der Waals surface area contributed by atoms with E-state index in [4.69, 9.17) is 23.5 Å². The average Bonchev–Trinajstić information content (AvgIpc) is 3.30. The first-order valence-electron chi connectivity index (χ1n) is 12.1. The highest BCUT2D eigenvalue weighted by molar-refractivity contribution is 7.20. The van der Waals surface area contributed by atoms with Crippen LogP contribution in [-0.4, -0.2) is 48.1 Å². The lowest BCUT2D eigenvalue weighted by atomic mass is 9.83. The molecule has 0 saturated carbocycles. The van der Waals surface area contributed by atoms with Crippen molar-refractivity contribution in [1.29, 1.82) is 0 Å². The first kappa shape index (κ1) is 29.1. The number of aromatic hydroxyl groups is 1. The van der Waals surface area contributed by atoms with Gasteiger partial charge < -0.3 is 28.6 Å². The van der Waals surface area contributed by atoms with Crippen LogP contribution in [0.25, 0.3) is 0 Å². The molecule has 0 radical (unpaired) electrons. The summed E-state index contributed by atoms with van der Waals surface area (Å²) in [6.07, 6.45) is 3.56. The molecule has 204 valence electrons. The summed E-state index contributed by atoms with van der Waals surface area (Å²) < 4.78 is 33.1. The van der Waals surface area contributed by atoms with Crippen molar-refractivity contribution < 1.29 is 42.7 Å². The van der Waals surface area contributed by atoms with Crippen molar-refractivity contribution in [3.8, 4) is 11.7 Å². The molecular formula is C27H32NO9P. The number of para-hydroxylation sites is 1. The number of hydrogen-bond donors (Lipinski definition) is 1. The van der Waals surface area contributed by atoms with Gasteiger partial charge in [-0.25, -0.2) is 0 Å². The fourth-order valence-electron chi connectivity index (χ4n) is 4.06. The Morgan fingerprint density at radius 2 is 2.05 bits per heavy atom. The zero-order chi connectivity index (χ0) is 27.8. The molecule has 1 heterocycles. The van der Waals surface area contributed by atoms with Gasteiger partial charge in [-0.3, -0.25) is 14.2 Å². The predicted octanol–water partition coefficient (Wildman–Crippen LogP) is 5.49. The van der Waals surface area contributed by atoms with E-state index >= 15 is 0 Å². The van der Waals surface area contributed by atoms with Crippen LogP contribution in [-0.2, 0) is 30.2 Å². The van der Waals surface area contributed by atoms with Gasteiger partial charge in [0.2, 0.25) is 0 Å². The monoisotopic (exact) mass is 545 g/mol. The number of rotatable bonds is 13. The number of carbonyl (C=O) groups is 2. The van der Waals surface area contributed by atoms with Crippen molar-refractivity contribution in [2.75, 3.05) is 20.3 Å². The molecular weight excluding hydrogens is 513 g/mol. The van der Waals surface area contributed by atoms with E-state index in [1.54, 1.807) is 25.1 Å². The van der Waals surface area contributed by atoms with Crippen LogP contribution in [0.3, 0.4) is 0 Å². The van der Waals surface area contributed by atoms with Crippen molar-refractivity contribution in [3.05, 3.63) is 70.2 Å². The number of furan rings is 1. The number of carbonyl (C=O) groups excluding carboxylic acids is 2. The standard InChI is InChI=1S/C27H32NO9P/c1-6-35-26(30)18(4)28(38-32)37-22-10-8-7-9-19(22)14-34-13-16(2)11-12-20-24(29)23-21(15-36-27(23)31)17(3)25(20)33-5/h7-11,15,17-18,31H,6,12-14H2,1-5H3. The van der Waals surface area contributed by atoms with Crippen molar-refractivity contribution in [1.82, 2.24) is 4.83 Å². The second kappa shape index (κ2) is 13.4. The maximum absolute atomic E-state index is 13.0. The van der Waals surface area contributed by atoms with Crippen molar-refractivity contribution in [2.24, 2.45) is 0 Å². The number of ketones is 1. The minimum Gasteiger partial charge on any atom is -0.500 e. The highest BCUT2D eigenvalue weighted by Gasteiger charge is 2.36. The Bertz CT molecular complexity index is 1230. The first-order valence-corrected chi connectivity index (χ1v) is 12.9. The van der Waals surface area contributed by atoms with E-state index in [1.165, 1.54) is 20.3 Å². The Morgan fingerprint density at radius 1 is 1.32 bits per heavy atom. The molecule has 38 heavy (non-hydrogen) atoms. The first-order chi connectivity index (χ1) is 18.2. The summed E-state index contributed by atoms with van der Waals surface area (Å²) in [5.41, 5.74) is 2.80. The third kappa shape index (κ3) is 6.51. The zero-order valence-electron chi connectivity index (χ0n) is 22.1. The van der Waals surface area contributed by atoms with Crippen LogP contribution in [0.2, 0.25) is 0 Å². The minimum absolute atomic E-state index is 0.177. The zero-order valence-corrected chi connectivity index (χ0v) is 22.9. The topological polar surface area (TPSA) is 125 Å². The lowest BCUT2D eigenvalue weighted by Gasteiger charge is -2.23. The summed E-state index contributed by atoms with van der Waals surface area (Å²) in [6.45, 7) is 7.66. The van der Waals surface area contributed by atoms with E-state index < -0.39 is 20.6 Å². The average molecular weight is 546 g/mol. The highest BCUT2D eigenvalue weighted by Crippen LogP contribution is 2.42. The number of nitrogens with zero attached hydrogens (tertiary/aromatic N) is 1. The van der Waals surface area contributed by atoms with E-state index in [1.807, 2.05) is 26.0 Å². The van der Waals surface area contributed by atoms with Crippen LogP contribution in [0, 0.1) is 0 Å². The Hall–Kier alpha value is -3.46. The molecule has 0 bridgehead atoms. The molecule has 1 N–H and O–H groups in total. The number of ether oxygens (including phenoxy) is 3. The molecule has 11 heteroatoms. The summed E-state index contributed by atoms with van der Waals surface area (Å²) >= 11 is 0. The summed E-state index contributed by atoms with van der Waals surface area (Å²) in [5.74, 6) is -0.562. The van der Waals surface area contributed by atoms with Gasteiger partial charge in [0.1, 0.15) is 11.3 Å². The number of benzene rings is 1.